The van der Waals surface area contributed by atoms with Gasteiger partial charge in [-0.25, -0.2) is 0 Å². The molecule has 0 saturated carbocycles. The summed E-state index contributed by atoms with van der Waals surface area (Å²) in [6.45, 7) is 1.45. The lowest BCUT2D eigenvalue weighted by molar-refractivity contribution is -0.0810. The lowest BCUT2D eigenvalue weighted by atomic mass is 9.80. The number of fused-ring (bicyclic) bond motifs is 1. The van der Waals surface area contributed by atoms with Crippen LogP contribution < -0.4 is 9.64 Å². The molecule has 5 heterocycles. The minimum absolute atomic E-state index is 0.333. The second-order valence-electron chi connectivity index (χ2n) is 8.76. The van der Waals surface area contributed by atoms with Crippen molar-refractivity contribution in [2.24, 2.45) is 0 Å². The van der Waals surface area contributed by atoms with Crippen molar-refractivity contribution in [3.63, 3.8) is 0 Å². The molecular formula is C25H24N6O3. The van der Waals surface area contributed by atoms with E-state index in [-0.39, 0.29) is 0 Å². The van der Waals surface area contributed by atoms with Gasteiger partial charge in [-0.15, -0.1) is 20.4 Å². The van der Waals surface area contributed by atoms with E-state index in [1.54, 1.807) is 6.20 Å². The van der Waals surface area contributed by atoms with Gasteiger partial charge in [0.25, 0.3) is 5.89 Å². The molecule has 0 bridgehead atoms. The van der Waals surface area contributed by atoms with Crippen molar-refractivity contribution >= 4 is 5.82 Å². The van der Waals surface area contributed by atoms with E-state index in [0.29, 0.717) is 43.2 Å². The lowest BCUT2D eigenvalue weighted by Crippen LogP contribution is -2.57. The summed E-state index contributed by atoms with van der Waals surface area (Å²) in [5, 5.41) is 27.8. The molecule has 4 aromatic rings. The van der Waals surface area contributed by atoms with Crippen molar-refractivity contribution in [2.45, 2.75) is 37.4 Å². The van der Waals surface area contributed by atoms with Crippen molar-refractivity contribution in [3.8, 4) is 17.3 Å². The molecule has 0 amide bonds. The lowest BCUT2D eigenvalue weighted by Gasteiger charge is -2.47. The topological polar surface area (TPSA) is 110 Å². The van der Waals surface area contributed by atoms with Gasteiger partial charge in [0.1, 0.15) is 17.0 Å². The number of nitrogens with zero attached hydrogens (tertiary/aromatic N) is 6. The molecule has 3 aromatic heterocycles. The SMILES string of the molecule is OC1Cc2ccccc2OC12CCN(c1ccc(-c3nnc(Cc4ccccn4)o3)nn1)CC2. The Kier molecular flexibility index (Phi) is 5.18. The van der Waals surface area contributed by atoms with Crippen LogP contribution in [0.3, 0.4) is 0 Å². The molecule has 1 spiro atoms. The van der Waals surface area contributed by atoms with E-state index in [2.05, 4.69) is 30.3 Å². The van der Waals surface area contributed by atoms with Crippen LogP contribution >= 0.6 is 0 Å². The monoisotopic (exact) mass is 456 g/mol. The predicted octanol–water partition coefficient (Wildman–Crippen LogP) is 2.85. The number of ether oxygens (including phenoxy) is 1. The number of hydrogen-bond acceptors (Lipinski definition) is 9. The maximum absolute atomic E-state index is 10.8. The number of rotatable bonds is 4. The summed E-state index contributed by atoms with van der Waals surface area (Å²) in [6, 6.07) is 17.4. The fourth-order valence-electron chi connectivity index (χ4n) is 4.70. The molecule has 6 rings (SSSR count). The zero-order valence-corrected chi connectivity index (χ0v) is 18.5. The zero-order chi connectivity index (χ0) is 23.0. The molecule has 1 saturated heterocycles. The van der Waals surface area contributed by atoms with Gasteiger partial charge in [-0.2, -0.15) is 0 Å². The van der Waals surface area contributed by atoms with Gasteiger partial charge in [-0.1, -0.05) is 24.3 Å². The molecule has 1 N–H and O–H groups in total. The van der Waals surface area contributed by atoms with E-state index in [4.69, 9.17) is 9.15 Å². The van der Waals surface area contributed by atoms with E-state index in [9.17, 15) is 5.11 Å². The van der Waals surface area contributed by atoms with Gasteiger partial charge in [-0.3, -0.25) is 4.98 Å². The van der Waals surface area contributed by atoms with Crippen LogP contribution in [0.5, 0.6) is 5.75 Å². The van der Waals surface area contributed by atoms with Gasteiger partial charge in [0.15, 0.2) is 5.82 Å². The van der Waals surface area contributed by atoms with Crippen LogP contribution in [0.2, 0.25) is 0 Å². The summed E-state index contributed by atoms with van der Waals surface area (Å²) in [5.74, 6) is 2.47. The Labute approximate surface area is 196 Å². The third-order valence-corrected chi connectivity index (χ3v) is 6.64. The van der Waals surface area contributed by atoms with Gasteiger partial charge >= 0.3 is 0 Å². The number of aliphatic hydroxyl groups is 1. The first-order valence-corrected chi connectivity index (χ1v) is 11.4. The van der Waals surface area contributed by atoms with Crippen molar-refractivity contribution in [3.05, 3.63) is 77.9 Å². The number of benzene rings is 1. The number of piperidine rings is 1. The van der Waals surface area contributed by atoms with Crippen LogP contribution in [0.15, 0.2) is 65.2 Å². The Hall–Kier alpha value is -3.85. The van der Waals surface area contributed by atoms with Gasteiger partial charge in [-0.05, 0) is 35.9 Å². The number of pyridine rings is 1. The Morgan fingerprint density at radius 2 is 1.79 bits per heavy atom. The normalized spacial score (nSPS) is 19.0. The minimum atomic E-state index is -0.550. The van der Waals surface area contributed by atoms with Crippen molar-refractivity contribution in [1.82, 2.24) is 25.4 Å². The molecule has 2 aliphatic heterocycles. The van der Waals surface area contributed by atoms with E-state index >= 15 is 0 Å². The smallest absolute Gasteiger partial charge is 0.268 e. The third-order valence-electron chi connectivity index (χ3n) is 6.64. The summed E-state index contributed by atoms with van der Waals surface area (Å²) < 4.78 is 12.1. The van der Waals surface area contributed by atoms with Gasteiger partial charge in [0, 0.05) is 44.2 Å². The molecule has 1 atom stereocenters. The number of aromatic nitrogens is 5. The molecule has 172 valence electrons. The van der Waals surface area contributed by atoms with E-state index in [1.165, 1.54) is 0 Å². The number of para-hydroxylation sites is 1. The van der Waals surface area contributed by atoms with E-state index in [1.807, 2.05) is 54.6 Å². The second kappa shape index (κ2) is 8.49. The molecule has 1 unspecified atom stereocenters. The molecule has 1 fully saturated rings. The van der Waals surface area contributed by atoms with Crippen LogP contribution in [-0.4, -0.2) is 55.3 Å². The van der Waals surface area contributed by atoms with Gasteiger partial charge in [0.2, 0.25) is 5.89 Å². The van der Waals surface area contributed by atoms with Crippen LogP contribution in [0, 0.1) is 0 Å². The largest absolute Gasteiger partial charge is 0.484 e. The van der Waals surface area contributed by atoms with Crippen LogP contribution in [0.25, 0.3) is 11.6 Å². The molecule has 34 heavy (non-hydrogen) atoms. The van der Waals surface area contributed by atoms with Crippen molar-refractivity contribution in [2.75, 3.05) is 18.0 Å². The summed E-state index contributed by atoms with van der Waals surface area (Å²) >= 11 is 0. The summed E-state index contributed by atoms with van der Waals surface area (Å²) in [5.41, 5.74) is 1.90. The number of aliphatic hydroxyl groups excluding tert-OH is 1. The molecule has 1 aromatic carbocycles. The Bertz CT molecular complexity index is 1270. The van der Waals surface area contributed by atoms with Crippen LogP contribution in [-0.2, 0) is 12.8 Å². The maximum Gasteiger partial charge on any atom is 0.268 e. The highest BCUT2D eigenvalue weighted by molar-refractivity contribution is 5.49. The maximum atomic E-state index is 10.8. The van der Waals surface area contributed by atoms with Crippen LogP contribution in [0.4, 0.5) is 5.82 Å². The fraction of sp³-hybridized carbons (Fsp3) is 0.320. The second-order valence-corrected chi connectivity index (χ2v) is 8.76. The molecular weight excluding hydrogens is 432 g/mol. The average molecular weight is 457 g/mol. The van der Waals surface area contributed by atoms with Crippen LogP contribution in [0.1, 0.15) is 30.0 Å². The Balaban J connectivity index is 1.11. The van der Waals surface area contributed by atoms with E-state index < -0.39 is 11.7 Å². The minimum Gasteiger partial charge on any atom is -0.484 e. The molecule has 9 heteroatoms. The summed E-state index contributed by atoms with van der Waals surface area (Å²) in [7, 11) is 0. The fourth-order valence-corrected chi connectivity index (χ4v) is 4.70. The standard InChI is InChI=1S/C25H24N6O3/c32-21-15-17-5-1-2-7-20(17)34-25(21)10-13-31(14-11-25)22-9-8-19(27-28-22)24-30-29-23(33-24)16-18-6-3-4-12-26-18/h1-9,12,21,32H,10-11,13-16H2. The highest BCUT2D eigenvalue weighted by Crippen LogP contribution is 2.40. The highest BCUT2D eigenvalue weighted by atomic mass is 16.5. The Morgan fingerprint density at radius 1 is 0.941 bits per heavy atom. The zero-order valence-electron chi connectivity index (χ0n) is 18.5. The third kappa shape index (κ3) is 3.88. The number of anilines is 1. The average Bonchev–Trinajstić information content (AvgIpc) is 3.34. The van der Waals surface area contributed by atoms with E-state index in [0.717, 1.165) is 35.9 Å². The van der Waals surface area contributed by atoms with Gasteiger partial charge < -0.3 is 19.2 Å². The quantitative estimate of drug-likeness (QED) is 0.495. The first kappa shape index (κ1) is 20.7. The summed E-state index contributed by atoms with van der Waals surface area (Å²) in [6.07, 6.45) is 3.73. The summed E-state index contributed by atoms with van der Waals surface area (Å²) in [4.78, 5) is 6.45. The predicted molar refractivity (Wildman–Crippen MR) is 123 cm³/mol. The molecule has 0 aliphatic carbocycles. The van der Waals surface area contributed by atoms with Crippen molar-refractivity contribution < 1.29 is 14.3 Å². The molecule has 2 aliphatic rings. The molecule has 0 radical (unpaired) electrons. The Morgan fingerprint density at radius 3 is 2.59 bits per heavy atom. The first-order chi connectivity index (χ1) is 16.7. The van der Waals surface area contributed by atoms with Gasteiger partial charge in [0.05, 0.1) is 12.5 Å². The van der Waals surface area contributed by atoms with Crippen molar-refractivity contribution in [1.29, 1.82) is 0 Å². The molecule has 9 nitrogen and oxygen atoms in total. The highest BCUT2D eigenvalue weighted by Gasteiger charge is 2.46. The number of hydrogen-bond donors (Lipinski definition) is 1. The first-order valence-electron chi connectivity index (χ1n) is 11.4.